The highest BCUT2D eigenvalue weighted by atomic mass is 19.1. The van der Waals surface area contributed by atoms with Gasteiger partial charge in [0.25, 0.3) is 5.91 Å². The zero-order valence-corrected chi connectivity index (χ0v) is 16.0. The van der Waals surface area contributed by atoms with Crippen LogP contribution in [0.1, 0.15) is 15.9 Å². The van der Waals surface area contributed by atoms with Crippen LogP contribution in [-0.4, -0.2) is 15.9 Å². The second kappa shape index (κ2) is 8.96. The fourth-order valence-corrected chi connectivity index (χ4v) is 2.84. The number of hydrogen-bond donors (Lipinski definition) is 1. The van der Waals surface area contributed by atoms with Crippen molar-refractivity contribution in [3.63, 3.8) is 0 Å². The highest BCUT2D eigenvalue weighted by Crippen LogP contribution is 2.24. The topological polar surface area (TPSA) is 64.1 Å². The van der Waals surface area contributed by atoms with Crippen LogP contribution in [0.4, 0.5) is 4.39 Å². The molecule has 0 atom stereocenters. The molecule has 30 heavy (non-hydrogen) atoms. The number of carbonyl (C=O) groups is 1. The normalized spacial score (nSPS) is 10.4. The van der Waals surface area contributed by atoms with Crippen LogP contribution in [0.5, 0.6) is 11.6 Å². The quantitative estimate of drug-likeness (QED) is 0.495. The number of aromatic nitrogens is 2. The summed E-state index contributed by atoms with van der Waals surface area (Å²) in [6.07, 6.45) is 1.44. The Balaban J connectivity index is 1.42. The lowest BCUT2D eigenvalue weighted by Gasteiger charge is -2.08. The molecule has 6 heteroatoms. The van der Waals surface area contributed by atoms with Crippen molar-refractivity contribution in [1.29, 1.82) is 0 Å². The van der Waals surface area contributed by atoms with Crippen molar-refractivity contribution < 1.29 is 13.9 Å². The molecule has 0 fully saturated rings. The van der Waals surface area contributed by atoms with Crippen molar-refractivity contribution in [2.45, 2.75) is 6.54 Å². The maximum Gasteiger partial charge on any atom is 0.251 e. The van der Waals surface area contributed by atoms with E-state index in [1.54, 1.807) is 30.3 Å². The summed E-state index contributed by atoms with van der Waals surface area (Å²) < 4.78 is 18.7. The van der Waals surface area contributed by atoms with E-state index in [4.69, 9.17) is 4.74 Å². The molecule has 0 spiro atoms. The van der Waals surface area contributed by atoms with Gasteiger partial charge in [-0.15, -0.1) is 0 Å². The van der Waals surface area contributed by atoms with Gasteiger partial charge < -0.3 is 10.1 Å². The van der Waals surface area contributed by atoms with Crippen LogP contribution < -0.4 is 10.1 Å². The molecule has 5 nitrogen and oxygen atoms in total. The summed E-state index contributed by atoms with van der Waals surface area (Å²) in [7, 11) is 0. The monoisotopic (exact) mass is 399 g/mol. The molecule has 1 amide bonds. The molecule has 0 saturated heterocycles. The Morgan fingerprint density at radius 2 is 1.63 bits per heavy atom. The lowest BCUT2D eigenvalue weighted by atomic mass is 10.1. The summed E-state index contributed by atoms with van der Waals surface area (Å²) in [5.41, 5.74) is 2.88. The van der Waals surface area contributed by atoms with Crippen LogP contribution in [-0.2, 0) is 6.54 Å². The van der Waals surface area contributed by atoms with E-state index in [9.17, 15) is 9.18 Å². The number of amides is 1. The minimum absolute atomic E-state index is 0.207. The number of ether oxygens (including phenoxy) is 1. The summed E-state index contributed by atoms with van der Waals surface area (Å²) in [4.78, 5) is 20.8. The van der Waals surface area contributed by atoms with Gasteiger partial charge in [-0.2, -0.15) is 0 Å². The first-order valence-electron chi connectivity index (χ1n) is 9.35. The van der Waals surface area contributed by atoms with Gasteiger partial charge in [-0.25, -0.2) is 14.4 Å². The number of carbonyl (C=O) groups excluding carboxylic acids is 1. The number of rotatable bonds is 6. The Morgan fingerprint density at radius 3 is 2.37 bits per heavy atom. The predicted molar refractivity (Wildman–Crippen MR) is 112 cm³/mol. The average molecular weight is 399 g/mol. The fourth-order valence-electron chi connectivity index (χ4n) is 2.84. The average Bonchev–Trinajstić information content (AvgIpc) is 2.79. The molecule has 0 aliphatic heterocycles. The lowest BCUT2D eigenvalue weighted by Crippen LogP contribution is -2.22. The van der Waals surface area contributed by atoms with Gasteiger partial charge in [-0.1, -0.05) is 42.5 Å². The minimum atomic E-state index is -0.303. The highest BCUT2D eigenvalue weighted by Gasteiger charge is 2.08. The number of hydrogen-bond acceptors (Lipinski definition) is 4. The zero-order chi connectivity index (χ0) is 20.8. The van der Waals surface area contributed by atoms with Crippen molar-refractivity contribution in [1.82, 2.24) is 15.3 Å². The molecular weight excluding hydrogens is 381 g/mol. The predicted octanol–water partition coefficient (Wildman–Crippen LogP) is 5.01. The molecule has 0 radical (unpaired) electrons. The maximum absolute atomic E-state index is 13.0. The Labute approximate surface area is 173 Å². The molecule has 148 valence electrons. The van der Waals surface area contributed by atoms with E-state index in [2.05, 4.69) is 15.3 Å². The van der Waals surface area contributed by atoms with E-state index in [-0.39, 0.29) is 11.7 Å². The van der Waals surface area contributed by atoms with E-state index in [1.165, 1.54) is 18.5 Å². The standard InChI is InChI=1S/C24H18FN3O2/c25-20-12-6-17(7-13-20)15-26-24(29)19-10-8-18(9-11-19)22-14-23(28-16-27-22)30-21-4-2-1-3-5-21/h1-14,16H,15H2,(H,26,29). The van der Waals surface area contributed by atoms with Crippen molar-refractivity contribution >= 4 is 5.91 Å². The van der Waals surface area contributed by atoms with Crippen LogP contribution in [0.15, 0.2) is 91.3 Å². The molecule has 0 aliphatic carbocycles. The number of benzene rings is 3. The molecule has 4 rings (SSSR count). The van der Waals surface area contributed by atoms with Crippen molar-refractivity contribution in [3.8, 4) is 22.9 Å². The summed E-state index contributed by atoms with van der Waals surface area (Å²) >= 11 is 0. The third-order valence-corrected chi connectivity index (χ3v) is 4.42. The van der Waals surface area contributed by atoms with E-state index in [1.807, 2.05) is 42.5 Å². The van der Waals surface area contributed by atoms with Gasteiger partial charge in [0.2, 0.25) is 5.88 Å². The number of halogens is 1. The van der Waals surface area contributed by atoms with Crippen LogP contribution in [0.3, 0.4) is 0 Å². The van der Waals surface area contributed by atoms with Crippen LogP contribution in [0.25, 0.3) is 11.3 Å². The lowest BCUT2D eigenvalue weighted by molar-refractivity contribution is 0.0951. The molecule has 4 aromatic rings. The second-order valence-electron chi connectivity index (χ2n) is 6.54. The smallest absolute Gasteiger partial charge is 0.251 e. The Bertz CT molecular complexity index is 1130. The molecule has 0 bridgehead atoms. The molecule has 3 aromatic carbocycles. The van der Waals surface area contributed by atoms with E-state index < -0.39 is 0 Å². The van der Waals surface area contributed by atoms with Crippen LogP contribution in [0.2, 0.25) is 0 Å². The highest BCUT2D eigenvalue weighted by molar-refractivity contribution is 5.94. The minimum Gasteiger partial charge on any atom is -0.439 e. The molecule has 1 N–H and O–H groups in total. The molecule has 0 unspecified atom stereocenters. The summed E-state index contributed by atoms with van der Waals surface area (Å²) in [5.74, 6) is 0.618. The van der Waals surface area contributed by atoms with Gasteiger partial charge in [-0.3, -0.25) is 4.79 Å². The first kappa shape index (κ1) is 19.3. The van der Waals surface area contributed by atoms with Gasteiger partial charge in [0, 0.05) is 23.7 Å². The molecule has 0 aliphatic rings. The van der Waals surface area contributed by atoms with Crippen LogP contribution >= 0.6 is 0 Å². The van der Waals surface area contributed by atoms with Crippen LogP contribution in [0, 0.1) is 5.82 Å². The van der Waals surface area contributed by atoms with E-state index in [0.29, 0.717) is 29.4 Å². The van der Waals surface area contributed by atoms with Gasteiger partial charge >= 0.3 is 0 Å². The fraction of sp³-hybridized carbons (Fsp3) is 0.0417. The van der Waals surface area contributed by atoms with Crippen molar-refractivity contribution in [2.75, 3.05) is 0 Å². The molecular formula is C24H18FN3O2. The van der Waals surface area contributed by atoms with Gasteiger partial charge in [0.15, 0.2) is 0 Å². The van der Waals surface area contributed by atoms with E-state index in [0.717, 1.165) is 11.1 Å². The Morgan fingerprint density at radius 1 is 0.900 bits per heavy atom. The second-order valence-corrected chi connectivity index (χ2v) is 6.54. The Hall–Kier alpha value is -4.06. The number of nitrogens with one attached hydrogen (secondary N) is 1. The SMILES string of the molecule is O=C(NCc1ccc(F)cc1)c1ccc(-c2cc(Oc3ccccc3)ncn2)cc1. The van der Waals surface area contributed by atoms with Gasteiger partial charge in [0.05, 0.1) is 5.69 Å². The van der Waals surface area contributed by atoms with Crippen molar-refractivity contribution in [3.05, 3.63) is 108 Å². The van der Waals surface area contributed by atoms with Crippen molar-refractivity contribution in [2.24, 2.45) is 0 Å². The third-order valence-electron chi connectivity index (χ3n) is 4.42. The number of para-hydroxylation sites is 1. The first-order valence-corrected chi connectivity index (χ1v) is 9.35. The first-order chi connectivity index (χ1) is 14.7. The molecule has 0 saturated carbocycles. The maximum atomic E-state index is 13.0. The van der Waals surface area contributed by atoms with Gasteiger partial charge in [-0.05, 0) is 42.0 Å². The molecule has 1 aromatic heterocycles. The summed E-state index contributed by atoms with van der Waals surface area (Å²) in [5, 5.41) is 2.82. The number of nitrogens with zero attached hydrogens (tertiary/aromatic N) is 2. The third kappa shape index (κ3) is 4.86. The summed E-state index contributed by atoms with van der Waals surface area (Å²) in [6.45, 7) is 0.326. The Kier molecular flexibility index (Phi) is 5.75. The zero-order valence-electron chi connectivity index (χ0n) is 16.0. The largest absolute Gasteiger partial charge is 0.439 e. The van der Waals surface area contributed by atoms with E-state index >= 15 is 0 Å². The molecule has 1 heterocycles. The summed E-state index contributed by atoms with van der Waals surface area (Å²) in [6, 6.07) is 24.3. The van der Waals surface area contributed by atoms with Gasteiger partial charge in [0.1, 0.15) is 17.9 Å².